The third-order valence-electron chi connectivity index (χ3n) is 2.64. The highest BCUT2D eigenvalue weighted by Gasteiger charge is 2.43. The fraction of sp³-hybridized carbons (Fsp3) is 0.538. The van der Waals surface area contributed by atoms with Gasteiger partial charge in [-0.2, -0.15) is 13.2 Å². The van der Waals surface area contributed by atoms with E-state index in [0.29, 0.717) is 19.0 Å². The molecule has 2 rings (SSSR count). The van der Waals surface area contributed by atoms with E-state index in [2.05, 4.69) is 0 Å². The van der Waals surface area contributed by atoms with E-state index in [1.54, 1.807) is 0 Å². The highest BCUT2D eigenvalue weighted by atomic mass is 19.4. The maximum absolute atomic E-state index is 12.9. The predicted octanol–water partition coefficient (Wildman–Crippen LogP) is 3.10. The number of halogens is 3. The molecule has 1 aromatic carbocycles. The normalized spacial score (nSPS) is 20.1. The summed E-state index contributed by atoms with van der Waals surface area (Å²) in [5.41, 5.74) is 0.0663. The van der Waals surface area contributed by atoms with E-state index in [1.807, 2.05) is 6.92 Å². The van der Waals surface area contributed by atoms with E-state index in [0.717, 1.165) is 0 Å². The first-order valence-corrected chi connectivity index (χ1v) is 6.03. The Kier molecular flexibility index (Phi) is 4.31. The molecule has 1 aliphatic heterocycles. The molecule has 0 radical (unpaired) electrons. The molecule has 0 unspecified atom stereocenters. The van der Waals surface area contributed by atoms with Crippen LogP contribution < -0.4 is 4.74 Å². The standard InChI is InChI=1S/C13H15F3O3/c1-2-17-10-5-3-9(4-6-10)12(13(14,15)16)19-8-11-7-18-11/h3-6,11-12H,2,7-8H2,1H3/t11-,12+/m0/s1. The molecule has 0 aliphatic carbocycles. The number of hydrogen-bond acceptors (Lipinski definition) is 3. The molecule has 6 heteroatoms. The number of ether oxygens (including phenoxy) is 3. The van der Waals surface area contributed by atoms with Gasteiger partial charge < -0.3 is 14.2 Å². The van der Waals surface area contributed by atoms with Gasteiger partial charge in [-0.05, 0) is 24.6 Å². The molecular formula is C13H15F3O3. The van der Waals surface area contributed by atoms with Crippen molar-refractivity contribution in [2.45, 2.75) is 25.3 Å². The van der Waals surface area contributed by atoms with Gasteiger partial charge in [0.1, 0.15) is 11.9 Å². The van der Waals surface area contributed by atoms with Crippen LogP contribution in [-0.4, -0.2) is 32.1 Å². The Bertz CT molecular complexity index is 399. The third-order valence-corrected chi connectivity index (χ3v) is 2.64. The van der Waals surface area contributed by atoms with Gasteiger partial charge in [-0.3, -0.25) is 0 Å². The second-order valence-corrected chi connectivity index (χ2v) is 4.21. The van der Waals surface area contributed by atoms with Crippen molar-refractivity contribution in [3.05, 3.63) is 29.8 Å². The summed E-state index contributed by atoms with van der Waals surface area (Å²) in [4.78, 5) is 0. The van der Waals surface area contributed by atoms with Gasteiger partial charge in [-0.25, -0.2) is 0 Å². The van der Waals surface area contributed by atoms with Gasteiger partial charge in [0, 0.05) is 0 Å². The molecule has 1 fully saturated rings. The second-order valence-electron chi connectivity index (χ2n) is 4.21. The summed E-state index contributed by atoms with van der Waals surface area (Å²) >= 11 is 0. The Morgan fingerprint density at radius 2 is 1.95 bits per heavy atom. The molecule has 0 bridgehead atoms. The SMILES string of the molecule is CCOc1ccc([C@@H](OC[C@@H]2CO2)C(F)(F)F)cc1. The van der Waals surface area contributed by atoms with E-state index in [1.165, 1.54) is 24.3 Å². The predicted molar refractivity (Wildman–Crippen MR) is 62.1 cm³/mol. The Labute approximate surface area is 109 Å². The van der Waals surface area contributed by atoms with Crippen LogP contribution in [0.25, 0.3) is 0 Å². The van der Waals surface area contributed by atoms with Crippen LogP contribution in [0.1, 0.15) is 18.6 Å². The highest BCUT2D eigenvalue weighted by molar-refractivity contribution is 5.29. The largest absolute Gasteiger partial charge is 0.494 e. The molecule has 106 valence electrons. The molecule has 3 nitrogen and oxygen atoms in total. The smallest absolute Gasteiger partial charge is 0.418 e. The van der Waals surface area contributed by atoms with Gasteiger partial charge in [0.2, 0.25) is 0 Å². The summed E-state index contributed by atoms with van der Waals surface area (Å²) in [6.07, 6.45) is -6.57. The quantitative estimate of drug-likeness (QED) is 0.748. The van der Waals surface area contributed by atoms with Crippen LogP contribution in [0, 0.1) is 0 Å². The monoisotopic (exact) mass is 276 g/mol. The van der Waals surface area contributed by atoms with Gasteiger partial charge in [0.05, 0.1) is 19.8 Å². The average Bonchev–Trinajstić information content (AvgIpc) is 3.14. The molecule has 1 aromatic rings. The lowest BCUT2D eigenvalue weighted by Crippen LogP contribution is -2.25. The maximum atomic E-state index is 12.9. The summed E-state index contributed by atoms with van der Waals surface area (Å²) in [6.45, 7) is 2.70. The average molecular weight is 276 g/mol. The molecule has 1 heterocycles. The Balaban J connectivity index is 2.07. The van der Waals surface area contributed by atoms with Crippen molar-refractivity contribution in [2.75, 3.05) is 19.8 Å². The first kappa shape index (κ1) is 14.1. The molecule has 0 aromatic heterocycles. The van der Waals surface area contributed by atoms with E-state index in [9.17, 15) is 13.2 Å². The minimum atomic E-state index is -4.44. The first-order chi connectivity index (χ1) is 9.00. The molecule has 0 spiro atoms. The molecule has 0 N–H and O–H groups in total. The van der Waals surface area contributed by atoms with Crippen molar-refractivity contribution in [2.24, 2.45) is 0 Å². The van der Waals surface area contributed by atoms with Crippen LogP contribution in [0.15, 0.2) is 24.3 Å². The Hall–Kier alpha value is -1.27. The van der Waals surface area contributed by atoms with Crippen molar-refractivity contribution in [3.63, 3.8) is 0 Å². The zero-order valence-corrected chi connectivity index (χ0v) is 10.4. The van der Waals surface area contributed by atoms with E-state index >= 15 is 0 Å². The third kappa shape index (κ3) is 4.11. The van der Waals surface area contributed by atoms with Crippen LogP contribution in [0.4, 0.5) is 13.2 Å². The fourth-order valence-electron chi connectivity index (χ4n) is 1.65. The number of rotatable bonds is 6. The lowest BCUT2D eigenvalue weighted by atomic mass is 10.1. The van der Waals surface area contributed by atoms with Crippen LogP contribution in [0.5, 0.6) is 5.75 Å². The van der Waals surface area contributed by atoms with Crippen molar-refractivity contribution >= 4 is 0 Å². The zero-order chi connectivity index (χ0) is 13.9. The molecule has 0 amide bonds. The van der Waals surface area contributed by atoms with Crippen molar-refractivity contribution in [3.8, 4) is 5.75 Å². The summed E-state index contributed by atoms with van der Waals surface area (Å²) < 4.78 is 53.7. The highest BCUT2D eigenvalue weighted by Crippen LogP contribution is 2.37. The zero-order valence-electron chi connectivity index (χ0n) is 10.4. The van der Waals surface area contributed by atoms with Crippen molar-refractivity contribution < 1.29 is 27.4 Å². The van der Waals surface area contributed by atoms with Gasteiger partial charge in [-0.15, -0.1) is 0 Å². The van der Waals surface area contributed by atoms with Crippen molar-refractivity contribution in [1.82, 2.24) is 0 Å². The number of alkyl halides is 3. The van der Waals surface area contributed by atoms with Gasteiger partial charge in [0.25, 0.3) is 0 Å². The molecule has 19 heavy (non-hydrogen) atoms. The molecule has 0 saturated carbocycles. The molecule has 1 aliphatic rings. The minimum Gasteiger partial charge on any atom is -0.494 e. The maximum Gasteiger partial charge on any atom is 0.418 e. The van der Waals surface area contributed by atoms with Crippen LogP contribution >= 0.6 is 0 Å². The van der Waals surface area contributed by atoms with Gasteiger partial charge >= 0.3 is 6.18 Å². The van der Waals surface area contributed by atoms with Gasteiger partial charge in [-0.1, -0.05) is 12.1 Å². The lowest BCUT2D eigenvalue weighted by Gasteiger charge is -2.21. The molecule has 1 saturated heterocycles. The van der Waals surface area contributed by atoms with E-state index in [-0.39, 0.29) is 18.3 Å². The minimum absolute atomic E-state index is 0.0443. The molecular weight excluding hydrogens is 261 g/mol. The number of epoxide rings is 1. The summed E-state index contributed by atoms with van der Waals surface area (Å²) in [5.74, 6) is 0.540. The number of hydrogen-bond donors (Lipinski definition) is 0. The van der Waals surface area contributed by atoms with Crippen LogP contribution in [0.3, 0.4) is 0 Å². The van der Waals surface area contributed by atoms with Gasteiger partial charge in [0.15, 0.2) is 6.10 Å². The Morgan fingerprint density at radius 3 is 2.42 bits per heavy atom. The van der Waals surface area contributed by atoms with Crippen LogP contribution in [0.2, 0.25) is 0 Å². The fourth-order valence-corrected chi connectivity index (χ4v) is 1.65. The molecule has 2 atom stereocenters. The Morgan fingerprint density at radius 1 is 1.32 bits per heavy atom. The first-order valence-electron chi connectivity index (χ1n) is 6.03. The summed E-state index contributed by atoms with van der Waals surface area (Å²) in [5, 5.41) is 0. The summed E-state index contributed by atoms with van der Waals surface area (Å²) in [6, 6.07) is 5.76. The van der Waals surface area contributed by atoms with Crippen LogP contribution in [-0.2, 0) is 9.47 Å². The number of benzene rings is 1. The van der Waals surface area contributed by atoms with E-state index < -0.39 is 12.3 Å². The van der Waals surface area contributed by atoms with Crippen molar-refractivity contribution in [1.29, 1.82) is 0 Å². The lowest BCUT2D eigenvalue weighted by molar-refractivity contribution is -0.224. The topological polar surface area (TPSA) is 31.0 Å². The summed E-state index contributed by atoms with van der Waals surface area (Å²) in [7, 11) is 0. The second kappa shape index (κ2) is 5.79. The van der Waals surface area contributed by atoms with E-state index in [4.69, 9.17) is 14.2 Å².